The van der Waals surface area contributed by atoms with Gasteiger partial charge >= 0.3 is 0 Å². The number of hydrogen-bond acceptors (Lipinski definition) is 3. The Balaban J connectivity index is 1.70. The highest BCUT2D eigenvalue weighted by atomic mass is 16.3. The molecule has 2 aliphatic rings. The summed E-state index contributed by atoms with van der Waals surface area (Å²) in [6.07, 6.45) is 13.4. The predicted molar refractivity (Wildman–Crippen MR) is 84.0 cm³/mol. The number of aliphatic hydroxyl groups is 1. The van der Waals surface area contributed by atoms with Gasteiger partial charge in [0.2, 0.25) is 0 Å². The van der Waals surface area contributed by atoms with Crippen LogP contribution in [0.3, 0.4) is 0 Å². The topological polar surface area (TPSA) is 64.1 Å². The van der Waals surface area contributed by atoms with Gasteiger partial charge in [0.1, 0.15) is 0 Å². The first-order valence-corrected chi connectivity index (χ1v) is 8.66. The summed E-state index contributed by atoms with van der Waals surface area (Å²) in [5, 5.41) is 15.2. The highest BCUT2D eigenvalue weighted by molar-refractivity contribution is 5.07. The Labute approximate surface area is 127 Å². The van der Waals surface area contributed by atoms with Crippen LogP contribution in [0.5, 0.6) is 0 Å². The first-order chi connectivity index (χ1) is 10.2. The summed E-state index contributed by atoms with van der Waals surface area (Å²) in [4.78, 5) is 0. The van der Waals surface area contributed by atoms with Gasteiger partial charge in [0.15, 0.2) is 0 Å². The average molecular weight is 291 g/mol. The molecule has 2 unspecified atom stereocenters. The monoisotopic (exact) mass is 291 g/mol. The molecule has 2 aliphatic carbocycles. The van der Waals surface area contributed by atoms with Crippen LogP contribution in [0.4, 0.5) is 0 Å². The molecule has 118 valence electrons. The van der Waals surface area contributed by atoms with Crippen LogP contribution < -0.4 is 5.73 Å². The normalized spacial score (nSPS) is 31.4. The van der Waals surface area contributed by atoms with E-state index in [9.17, 15) is 5.11 Å². The molecule has 0 spiro atoms. The fourth-order valence-corrected chi connectivity index (χ4v) is 4.19. The molecule has 3 rings (SSSR count). The van der Waals surface area contributed by atoms with Gasteiger partial charge in [-0.2, -0.15) is 5.10 Å². The van der Waals surface area contributed by atoms with Gasteiger partial charge in [-0.1, -0.05) is 32.1 Å². The van der Waals surface area contributed by atoms with E-state index in [-0.39, 0.29) is 11.5 Å². The summed E-state index contributed by atoms with van der Waals surface area (Å²) in [6.45, 7) is 0.560. The van der Waals surface area contributed by atoms with E-state index in [0.29, 0.717) is 12.6 Å². The van der Waals surface area contributed by atoms with Gasteiger partial charge in [-0.3, -0.25) is 4.68 Å². The number of aliphatic hydroxyl groups excluding tert-OH is 1. The standard InChI is InChI=1S/C17H29N3O/c18-13-17(10-5-4-8-16(17)21)12-14-9-11-20(19-14)15-6-2-1-3-7-15/h9,11,15-16,21H,1-8,10,12-13,18H2. The highest BCUT2D eigenvalue weighted by Crippen LogP contribution is 2.38. The van der Waals surface area contributed by atoms with Crippen LogP contribution in [0, 0.1) is 5.41 Å². The van der Waals surface area contributed by atoms with Crippen molar-refractivity contribution in [3.8, 4) is 0 Å². The van der Waals surface area contributed by atoms with Crippen molar-refractivity contribution in [1.29, 1.82) is 0 Å². The molecule has 21 heavy (non-hydrogen) atoms. The summed E-state index contributed by atoms with van der Waals surface area (Å²) in [6, 6.07) is 2.71. The molecule has 3 N–H and O–H groups in total. The van der Waals surface area contributed by atoms with E-state index in [1.807, 2.05) is 0 Å². The maximum absolute atomic E-state index is 10.4. The minimum Gasteiger partial charge on any atom is -0.392 e. The lowest BCUT2D eigenvalue weighted by Crippen LogP contribution is -2.45. The van der Waals surface area contributed by atoms with Crippen molar-refractivity contribution < 1.29 is 5.11 Å². The number of nitrogens with two attached hydrogens (primary N) is 1. The summed E-state index contributed by atoms with van der Waals surface area (Å²) in [5.41, 5.74) is 6.99. The van der Waals surface area contributed by atoms with Crippen LogP contribution in [-0.4, -0.2) is 27.5 Å². The molecule has 4 nitrogen and oxygen atoms in total. The number of hydrogen-bond donors (Lipinski definition) is 2. The SMILES string of the molecule is NCC1(Cc2ccn(C3CCCCC3)n2)CCCCC1O. The fraction of sp³-hybridized carbons (Fsp3) is 0.824. The predicted octanol–water partition coefficient (Wildman–Crippen LogP) is 2.81. The van der Waals surface area contributed by atoms with Crippen molar-refractivity contribution in [3.63, 3.8) is 0 Å². The Bertz CT molecular complexity index is 453. The van der Waals surface area contributed by atoms with Crippen LogP contribution in [-0.2, 0) is 6.42 Å². The summed E-state index contributed by atoms with van der Waals surface area (Å²) >= 11 is 0. The van der Waals surface area contributed by atoms with Crippen LogP contribution in [0.25, 0.3) is 0 Å². The maximum atomic E-state index is 10.4. The lowest BCUT2D eigenvalue weighted by atomic mass is 9.69. The zero-order valence-electron chi connectivity index (χ0n) is 13.0. The van der Waals surface area contributed by atoms with Crippen molar-refractivity contribution in [2.24, 2.45) is 11.1 Å². The zero-order chi connectivity index (χ0) is 14.7. The molecular formula is C17H29N3O. The Morgan fingerprint density at radius 1 is 1.19 bits per heavy atom. The summed E-state index contributed by atoms with van der Waals surface area (Å²) in [5.74, 6) is 0. The molecule has 0 aliphatic heterocycles. The second-order valence-electron chi connectivity index (χ2n) is 7.08. The van der Waals surface area contributed by atoms with Gasteiger partial charge in [0, 0.05) is 24.6 Å². The van der Waals surface area contributed by atoms with E-state index in [1.165, 1.54) is 38.5 Å². The quantitative estimate of drug-likeness (QED) is 0.896. The first-order valence-electron chi connectivity index (χ1n) is 8.66. The van der Waals surface area contributed by atoms with Crippen molar-refractivity contribution in [1.82, 2.24) is 9.78 Å². The van der Waals surface area contributed by atoms with Gasteiger partial charge in [-0.25, -0.2) is 0 Å². The van der Waals surface area contributed by atoms with Crippen LogP contribution in [0.15, 0.2) is 12.3 Å². The third-order valence-corrected chi connectivity index (χ3v) is 5.66. The molecule has 2 fully saturated rings. The van der Waals surface area contributed by atoms with E-state index >= 15 is 0 Å². The molecule has 2 saturated carbocycles. The molecular weight excluding hydrogens is 262 g/mol. The molecule has 1 aromatic rings. The third-order valence-electron chi connectivity index (χ3n) is 5.66. The van der Waals surface area contributed by atoms with E-state index in [2.05, 4.69) is 16.9 Å². The molecule has 2 atom stereocenters. The van der Waals surface area contributed by atoms with Gasteiger partial charge < -0.3 is 10.8 Å². The second kappa shape index (κ2) is 6.49. The Hall–Kier alpha value is -0.870. The average Bonchev–Trinajstić information content (AvgIpc) is 2.99. The Morgan fingerprint density at radius 3 is 2.67 bits per heavy atom. The Morgan fingerprint density at radius 2 is 1.95 bits per heavy atom. The van der Waals surface area contributed by atoms with Crippen LogP contribution in [0.1, 0.15) is 69.5 Å². The molecule has 1 heterocycles. The lowest BCUT2D eigenvalue weighted by molar-refractivity contribution is -0.00656. The smallest absolute Gasteiger partial charge is 0.0631 e. The van der Waals surface area contributed by atoms with Gasteiger partial charge in [0.25, 0.3) is 0 Å². The Kier molecular flexibility index (Phi) is 4.65. The van der Waals surface area contributed by atoms with E-state index in [4.69, 9.17) is 10.8 Å². The van der Waals surface area contributed by atoms with Crippen molar-refractivity contribution in [2.75, 3.05) is 6.54 Å². The molecule has 4 heteroatoms. The molecule has 0 aromatic carbocycles. The largest absolute Gasteiger partial charge is 0.392 e. The van der Waals surface area contributed by atoms with E-state index in [1.54, 1.807) is 0 Å². The minimum absolute atomic E-state index is 0.149. The number of aromatic nitrogens is 2. The lowest BCUT2D eigenvalue weighted by Gasteiger charge is -2.40. The van der Waals surface area contributed by atoms with E-state index in [0.717, 1.165) is 31.4 Å². The van der Waals surface area contributed by atoms with Crippen LogP contribution in [0.2, 0.25) is 0 Å². The third kappa shape index (κ3) is 3.16. The molecule has 0 saturated heterocycles. The number of nitrogens with zero attached hydrogens (tertiary/aromatic N) is 2. The summed E-state index contributed by atoms with van der Waals surface area (Å²) in [7, 11) is 0. The van der Waals surface area contributed by atoms with Crippen LogP contribution >= 0.6 is 0 Å². The van der Waals surface area contributed by atoms with E-state index < -0.39 is 0 Å². The van der Waals surface area contributed by atoms with Gasteiger partial charge in [-0.15, -0.1) is 0 Å². The molecule has 0 radical (unpaired) electrons. The second-order valence-corrected chi connectivity index (χ2v) is 7.08. The highest BCUT2D eigenvalue weighted by Gasteiger charge is 2.39. The first kappa shape index (κ1) is 15.0. The minimum atomic E-state index is -0.268. The van der Waals surface area contributed by atoms with Crippen molar-refractivity contribution in [3.05, 3.63) is 18.0 Å². The zero-order valence-corrected chi connectivity index (χ0v) is 13.0. The van der Waals surface area contributed by atoms with Crippen molar-refractivity contribution in [2.45, 2.75) is 76.4 Å². The molecule has 0 bridgehead atoms. The molecule has 1 aromatic heterocycles. The molecule has 0 amide bonds. The summed E-state index contributed by atoms with van der Waals surface area (Å²) < 4.78 is 2.16. The van der Waals surface area contributed by atoms with Gasteiger partial charge in [0.05, 0.1) is 17.8 Å². The van der Waals surface area contributed by atoms with Gasteiger partial charge in [-0.05, 0) is 31.7 Å². The maximum Gasteiger partial charge on any atom is 0.0631 e. The van der Waals surface area contributed by atoms with Crippen molar-refractivity contribution >= 4 is 0 Å². The fourth-order valence-electron chi connectivity index (χ4n) is 4.19. The number of rotatable bonds is 4.